The molecule has 0 N–H and O–H groups in total. The van der Waals surface area contributed by atoms with Gasteiger partial charge in [0, 0.05) is 19.2 Å². The lowest BCUT2D eigenvalue weighted by molar-refractivity contribution is -0.274. The van der Waals surface area contributed by atoms with Crippen LogP contribution in [-0.4, -0.2) is 53.1 Å². The normalized spacial score (nSPS) is 22.0. The number of benzene rings is 1. The summed E-state index contributed by atoms with van der Waals surface area (Å²) in [5.74, 6) is -0.378. The van der Waals surface area contributed by atoms with Crippen molar-refractivity contribution in [1.82, 2.24) is 9.88 Å². The highest BCUT2D eigenvalue weighted by Gasteiger charge is 2.45. The number of carbonyl (C=O) groups is 1. The second-order valence-corrected chi connectivity index (χ2v) is 9.33. The second-order valence-electron chi connectivity index (χ2n) is 8.48. The lowest BCUT2D eigenvalue weighted by Gasteiger charge is -2.40. The van der Waals surface area contributed by atoms with Crippen molar-refractivity contribution < 1.29 is 31.9 Å². The number of amides is 1. The molecule has 11 heteroatoms. The molecule has 2 aliphatic rings. The number of carbonyl (C=O) groups excluding carboxylic acids is 1. The first-order valence-electron chi connectivity index (χ1n) is 9.52. The largest absolute Gasteiger partial charge is 0.573 e. The molecule has 0 spiro atoms. The molecule has 2 bridgehead atoms. The van der Waals surface area contributed by atoms with Crippen molar-refractivity contribution in [2.24, 2.45) is 0 Å². The predicted octanol–water partition coefficient (Wildman–Crippen LogP) is 5.08. The van der Waals surface area contributed by atoms with Crippen LogP contribution in [0, 0.1) is 0 Å². The highest BCUT2D eigenvalue weighted by Crippen LogP contribution is 2.37. The monoisotopic (exact) mass is 491 g/mol. The van der Waals surface area contributed by atoms with Crippen molar-refractivity contribution in [2.45, 2.75) is 57.7 Å². The zero-order valence-corrected chi connectivity index (χ0v) is 18.2. The zero-order chi connectivity index (χ0) is 21.8. The topological polar surface area (TPSA) is 68.0 Å². The molecular weight excluding hydrogens is 471 g/mol. The first kappa shape index (κ1) is 21.1. The molecule has 164 valence electrons. The second kappa shape index (κ2) is 7.21. The number of oxazole rings is 1. The molecule has 1 amide bonds. The fourth-order valence-electron chi connectivity index (χ4n) is 3.96. The van der Waals surface area contributed by atoms with Gasteiger partial charge in [0.1, 0.15) is 16.9 Å². The van der Waals surface area contributed by atoms with Crippen molar-refractivity contribution in [3.63, 3.8) is 0 Å². The summed E-state index contributed by atoms with van der Waals surface area (Å²) in [6.07, 6.45) is -3.44. The van der Waals surface area contributed by atoms with E-state index in [0.29, 0.717) is 29.2 Å². The van der Waals surface area contributed by atoms with Crippen molar-refractivity contribution >= 4 is 39.1 Å². The molecule has 3 heterocycles. The Hall–Kier alpha value is -2.17. The Balaban J connectivity index is 1.55. The standard InChI is InChI=1S/C19H21BrF3N3O4/c1-18(2,3)30-17(27)26-10-4-5-11(26)9-25(8-10)16-24-14-7-12(29-19(21,22)23)6-13(20)15(14)28-16/h6-7,10-11H,4-5,8-9H2,1-3H3. The minimum atomic E-state index is -4.79. The number of alkyl halides is 3. The number of ether oxygens (including phenoxy) is 2. The van der Waals surface area contributed by atoms with Crippen LogP contribution in [0.5, 0.6) is 5.75 Å². The molecule has 1 aromatic carbocycles. The van der Waals surface area contributed by atoms with Crippen LogP contribution in [0.15, 0.2) is 21.0 Å². The molecule has 0 radical (unpaired) electrons. The highest BCUT2D eigenvalue weighted by atomic mass is 79.9. The molecule has 30 heavy (non-hydrogen) atoms. The minimum Gasteiger partial charge on any atom is -0.444 e. The van der Waals surface area contributed by atoms with Gasteiger partial charge in [0.05, 0.1) is 16.6 Å². The van der Waals surface area contributed by atoms with E-state index < -0.39 is 12.0 Å². The SMILES string of the molecule is CC(C)(C)OC(=O)N1C2CCC1CN(c1nc3cc(OC(F)(F)F)cc(Br)c3o1)C2. The number of hydrogen-bond acceptors (Lipinski definition) is 6. The fourth-order valence-corrected chi connectivity index (χ4v) is 4.47. The van der Waals surface area contributed by atoms with Gasteiger partial charge in [-0.15, -0.1) is 13.2 Å². The summed E-state index contributed by atoms with van der Waals surface area (Å²) >= 11 is 3.22. The average Bonchev–Trinajstić information content (AvgIpc) is 3.11. The molecule has 2 fully saturated rings. The Morgan fingerprint density at radius 2 is 1.83 bits per heavy atom. The van der Waals surface area contributed by atoms with Gasteiger partial charge in [-0.2, -0.15) is 4.98 Å². The molecule has 2 aliphatic heterocycles. The van der Waals surface area contributed by atoms with Crippen LogP contribution in [0.25, 0.3) is 11.1 Å². The van der Waals surface area contributed by atoms with Crippen LogP contribution in [0.4, 0.5) is 24.0 Å². The van der Waals surface area contributed by atoms with Gasteiger partial charge < -0.3 is 18.8 Å². The summed E-state index contributed by atoms with van der Waals surface area (Å²) in [6, 6.07) is 2.60. The van der Waals surface area contributed by atoms with E-state index in [-0.39, 0.29) is 29.4 Å². The molecule has 0 aliphatic carbocycles. The Labute approximate surface area is 179 Å². The van der Waals surface area contributed by atoms with Crippen LogP contribution in [0.3, 0.4) is 0 Å². The number of fused-ring (bicyclic) bond motifs is 3. The van der Waals surface area contributed by atoms with E-state index in [1.807, 2.05) is 25.7 Å². The summed E-state index contributed by atoms with van der Waals surface area (Å²) < 4.78 is 53.3. The van der Waals surface area contributed by atoms with E-state index in [1.54, 1.807) is 4.90 Å². The van der Waals surface area contributed by atoms with Crippen LogP contribution in [0.2, 0.25) is 0 Å². The molecule has 2 unspecified atom stereocenters. The maximum atomic E-state index is 12.6. The maximum Gasteiger partial charge on any atom is 0.573 e. The molecule has 2 atom stereocenters. The van der Waals surface area contributed by atoms with E-state index in [1.165, 1.54) is 12.1 Å². The number of nitrogens with zero attached hydrogens (tertiary/aromatic N) is 3. The highest BCUT2D eigenvalue weighted by molar-refractivity contribution is 9.10. The van der Waals surface area contributed by atoms with E-state index in [9.17, 15) is 18.0 Å². The third kappa shape index (κ3) is 4.30. The van der Waals surface area contributed by atoms with Crippen molar-refractivity contribution in [3.8, 4) is 5.75 Å². The number of rotatable bonds is 2. The molecule has 2 saturated heterocycles. The molecule has 4 rings (SSSR count). The summed E-state index contributed by atoms with van der Waals surface area (Å²) in [7, 11) is 0. The van der Waals surface area contributed by atoms with Gasteiger partial charge in [0.15, 0.2) is 5.58 Å². The quantitative estimate of drug-likeness (QED) is 0.583. The molecule has 2 aromatic rings. The fraction of sp³-hybridized carbons (Fsp3) is 0.579. The van der Waals surface area contributed by atoms with Gasteiger partial charge in [0.25, 0.3) is 6.01 Å². The Bertz CT molecular complexity index is 958. The van der Waals surface area contributed by atoms with Crippen LogP contribution in [0.1, 0.15) is 33.6 Å². The number of piperazine rings is 1. The van der Waals surface area contributed by atoms with Gasteiger partial charge in [0.2, 0.25) is 0 Å². The number of hydrogen-bond donors (Lipinski definition) is 0. The molecule has 7 nitrogen and oxygen atoms in total. The zero-order valence-electron chi connectivity index (χ0n) is 16.6. The summed E-state index contributed by atoms with van der Waals surface area (Å²) in [6.45, 7) is 6.50. The van der Waals surface area contributed by atoms with Crippen LogP contribution >= 0.6 is 15.9 Å². The molecule has 0 saturated carbocycles. The lowest BCUT2D eigenvalue weighted by Crippen LogP contribution is -2.56. The number of anilines is 1. The Morgan fingerprint density at radius 1 is 1.20 bits per heavy atom. The van der Waals surface area contributed by atoms with Crippen molar-refractivity contribution in [1.29, 1.82) is 0 Å². The van der Waals surface area contributed by atoms with Gasteiger partial charge in [-0.3, -0.25) is 4.90 Å². The smallest absolute Gasteiger partial charge is 0.444 e. The minimum absolute atomic E-state index is 0.0406. The lowest BCUT2D eigenvalue weighted by atomic mass is 10.2. The third-order valence-corrected chi connectivity index (χ3v) is 5.59. The van der Waals surface area contributed by atoms with Gasteiger partial charge in [-0.05, 0) is 55.6 Å². The summed E-state index contributed by atoms with van der Waals surface area (Å²) in [5, 5.41) is 0. The first-order chi connectivity index (χ1) is 13.9. The van der Waals surface area contributed by atoms with E-state index in [0.717, 1.165) is 12.8 Å². The predicted molar refractivity (Wildman–Crippen MR) is 105 cm³/mol. The van der Waals surface area contributed by atoms with Gasteiger partial charge >= 0.3 is 12.5 Å². The Morgan fingerprint density at radius 3 is 2.40 bits per heavy atom. The Kier molecular flexibility index (Phi) is 5.06. The summed E-state index contributed by atoms with van der Waals surface area (Å²) in [5.41, 5.74) is 0.0122. The van der Waals surface area contributed by atoms with E-state index in [4.69, 9.17) is 9.15 Å². The third-order valence-electron chi connectivity index (χ3n) is 5.00. The first-order valence-corrected chi connectivity index (χ1v) is 10.3. The van der Waals surface area contributed by atoms with Gasteiger partial charge in [-0.1, -0.05) is 0 Å². The van der Waals surface area contributed by atoms with Crippen LogP contribution < -0.4 is 9.64 Å². The number of aromatic nitrogens is 1. The molecule has 1 aromatic heterocycles. The van der Waals surface area contributed by atoms with E-state index >= 15 is 0 Å². The van der Waals surface area contributed by atoms with Crippen molar-refractivity contribution in [2.75, 3.05) is 18.0 Å². The summed E-state index contributed by atoms with van der Waals surface area (Å²) in [4.78, 5) is 20.7. The number of halogens is 4. The van der Waals surface area contributed by atoms with Crippen LogP contribution in [-0.2, 0) is 4.74 Å². The van der Waals surface area contributed by atoms with E-state index in [2.05, 4.69) is 25.7 Å². The average molecular weight is 492 g/mol. The molecular formula is C19H21BrF3N3O4. The van der Waals surface area contributed by atoms with Crippen molar-refractivity contribution in [3.05, 3.63) is 16.6 Å². The maximum absolute atomic E-state index is 12.6. The van der Waals surface area contributed by atoms with Gasteiger partial charge in [-0.25, -0.2) is 4.79 Å².